The predicted molar refractivity (Wildman–Crippen MR) is 86.9 cm³/mol. The van der Waals surface area contributed by atoms with E-state index in [0.29, 0.717) is 5.92 Å². The van der Waals surface area contributed by atoms with Crippen molar-refractivity contribution < 1.29 is 4.52 Å². The molecule has 4 rings (SSSR count). The topological polar surface area (TPSA) is 89.6 Å². The van der Waals surface area contributed by atoms with E-state index in [1.165, 1.54) is 12.8 Å². The maximum absolute atomic E-state index is 5.25. The lowest BCUT2D eigenvalue weighted by molar-refractivity contribution is 0.393. The minimum atomic E-state index is 0.604. The molecule has 118 valence electrons. The molecule has 3 aromatic heterocycles. The molecule has 0 aromatic carbocycles. The first kappa shape index (κ1) is 14.3. The number of hydrogen-bond donors (Lipinski definition) is 1. The second kappa shape index (κ2) is 5.38. The molecule has 0 spiro atoms. The van der Waals surface area contributed by atoms with E-state index in [2.05, 4.69) is 30.6 Å². The van der Waals surface area contributed by atoms with Crippen LogP contribution < -0.4 is 5.32 Å². The van der Waals surface area contributed by atoms with Crippen LogP contribution in [0, 0.1) is 20.8 Å². The lowest BCUT2D eigenvalue weighted by atomic mass is 10.1. The third-order valence-corrected chi connectivity index (χ3v) is 4.95. The molecular formula is C15H16N6OS. The summed E-state index contributed by atoms with van der Waals surface area (Å²) < 4.78 is 5.25. The SMILES string of the molecule is Cc1noc(C)c1-c1ncnc(Nc2nnc(C3CC3)s2)c1C. The van der Waals surface area contributed by atoms with Gasteiger partial charge < -0.3 is 9.84 Å². The molecule has 3 aromatic rings. The summed E-state index contributed by atoms with van der Waals surface area (Å²) in [5, 5.41) is 17.6. The average molecular weight is 328 g/mol. The predicted octanol–water partition coefficient (Wildman–Crippen LogP) is 3.53. The van der Waals surface area contributed by atoms with Crippen molar-refractivity contribution >= 4 is 22.3 Å². The maximum atomic E-state index is 5.25. The molecule has 0 amide bonds. The van der Waals surface area contributed by atoms with Gasteiger partial charge in [-0.05, 0) is 33.6 Å². The van der Waals surface area contributed by atoms with Crippen molar-refractivity contribution in [1.29, 1.82) is 0 Å². The van der Waals surface area contributed by atoms with Gasteiger partial charge in [-0.1, -0.05) is 16.5 Å². The van der Waals surface area contributed by atoms with Gasteiger partial charge in [-0.2, -0.15) is 0 Å². The van der Waals surface area contributed by atoms with Crippen molar-refractivity contribution in [3.8, 4) is 11.3 Å². The smallest absolute Gasteiger partial charge is 0.211 e. The van der Waals surface area contributed by atoms with Gasteiger partial charge in [-0.15, -0.1) is 10.2 Å². The van der Waals surface area contributed by atoms with Crippen LogP contribution in [0.5, 0.6) is 0 Å². The molecule has 0 saturated heterocycles. The Morgan fingerprint density at radius 1 is 1.17 bits per heavy atom. The molecule has 3 heterocycles. The summed E-state index contributed by atoms with van der Waals surface area (Å²) in [5.74, 6) is 2.09. The van der Waals surface area contributed by atoms with Crippen molar-refractivity contribution in [3.05, 3.63) is 28.4 Å². The third-order valence-electron chi connectivity index (χ3n) is 3.95. The molecule has 0 radical (unpaired) electrons. The van der Waals surface area contributed by atoms with Gasteiger partial charge in [0.25, 0.3) is 0 Å². The van der Waals surface area contributed by atoms with Crippen LogP contribution in [0.3, 0.4) is 0 Å². The molecular weight excluding hydrogens is 312 g/mol. The van der Waals surface area contributed by atoms with Gasteiger partial charge >= 0.3 is 0 Å². The summed E-state index contributed by atoms with van der Waals surface area (Å²) in [4.78, 5) is 8.74. The molecule has 1 aliphatic rings. The number of rotatable bonds is 4. The van der Waals surface area contributed by atoms with E-state index in [1.54, 1.807) is 17.7 Å². The number of nitrogens with zero attached hydrogens (tertiary/aromatic N) is 5. The quantitative estimate of drug-likeness (QED) is 0.783. The van der Waals surface area contributed by atoms with E-state index in [4.69, 9.17) is 4.52 Å². The Hall–Kier alpha value is -2.35. The fourth-order valence-electron chi connectivity index (χ4n) is 2.53. The van der Waals surface area contributed by atoms with Crippen LogP contribution in [0.15, 0.2) is 10.9 Å². The first-order chi connectivity index (χ1) is 11.1. The van der Waals surface area contributed by atoms with Gasteiger partial charge in [0.15, 0.2) is 0 Å². The first-order valence-electron chi connectivity index (χ1n) is 7.48. The third kappa shape index (κ3) is 2.59. The van der Waals surface area contributed by atoms with Crippen LogP contribution in [0.1, 0.15) is 40.8 Å². The van der Waals surface area contributed by atoms with Crippen LogP contribution in [-0.4, -0.2) is 25.3 Å². The standard InChI is InChI=1S/C15H16N6OS/c1-7-12(11-8(2)21-22-9(11)3)16-6-17-13(7)18-15-20-19-14(23-15)10-4-5-10/h6,10H,4-5H2,1-3H3,(H,16,17,18,20). The number of anilines is 2. The monoisotopic (exact) mass is 328 g/mol. The van der Waals surface area contributed by atoms with Crippen molar-refractivity contribution in [3.63, 3.8) is 0 Å². The highest BCUT2D eigenvalue weighted by Gasteiger charge is 2.27. The molecule has 1 fully saturated rings. The zero-order chi connectivity index (χ0) is 16.0. The summed E-state index contributed by atoms with van der Waals surface area (Å²) >= 11 is 1.59. The average Bonchev–Trinajstić information content (AvgIpc) is 3.20. The van der Waals surface area contributed by atoms with Gasteiger partial charge in [0.1, 0.15) is 22.9 Å². The van der Waals surface area contributed by atoms with E-state index in [0.717, 1.165) is 44.2 Å². The van der Waals surface area contributed by atoms with Gasteiger partial charge in [-0.3, -0.25) is 0 Å². The van der Waals surface area contributed by atoms with Crippen LogP contribution >= 0.6 is 11.3 Å². The van der Waals surface area contributed by atoms with E-state index in [9.17, 15) is 0 Å². The molecule has 1 aliphatic carbocycles. The van der Waals surface area contributed by atoms with E-state index in [1.807, 2.05) is 20.8 Å². The van der Waals surface area contributed by atoms with Crippen LogP contribution in [-0.2, 0) is 0 Å². The largest absolute Gasteiger partial charge is 0.361 e. The van der Waals surface area contributed by atoms with Crippen molar-refractivity contribution in [2.45, 2.75) is 39.5 Å². The van der Waals surface area contributed by atoms with Crippen LogP contribution in [0.4, 0.5) is 10.9 Å². The summed E-state index contributed by atoms with van der Waals surface area (Å²) in [6.45, 7) is 5.77. The fourth-order valence-corrected chi connectivity index (χ4v) is 3.44. The normalized spacial score (nSPS) is 14.2. The summed E-state index contributed by atoms with van der Waals surface area (Å²) in [5.41, 5.74) is 3.50. The Bertz CT molecular complexity index is 847. The van der Waals surface area contributed by atoms with E-state index >= 15 is 0 Å². The molecule has 7 nitrogen and oxygen atoms in total. The van der Waals surface area contributed by atoms with Crippen molar-refractivity contribution in [1.82, 2.24) is 25.3 Å². The first-order valence-corrected chi connectivity index (χ1v) is 8.30. The Morgan fingerprint density at radius 3 is 2.70 bits per heavy atom. The zero-order valence-electron chi connectivity index (χ0n) is 13.1. The van der Waals surface area contributed by atoms with Crippen LogP contribution in [0.2, 0.25) is 0 Å². The zero-order valence-corrected chi connectivity index (χ0v) is 13.9. The highest BCUT2D eigenvalue weighted by molar-refractivity contribution is 7.15. The van der Waals surface area contributed by atoms with E-state index < -0.39 is 0 Å². The summed E-state index contributed by atoms with van der Waals surface area (Å²) in [6, 6.07) is 0. The fraction of sp³-hybridized carbons (Fsp3) is 0.400. The number of aryl methyl sites for hydroxylation is 2. The van der Waals surface area contributed by atoms with Crippen LogP contribution in [0.25, 0.3) is 11.3 Å². The molecule has 8 heteroatoms. The minimum Gasteiger partial charge on any atom is -0.361 e. The Morgan fingerprint density at radius 2 is 2.00 bits per heavy atom. The Labute approximate surface area is 137 Å². The highest BCUT2D eigenvalue weighted by atomic mass is 32.1. The lowest BCUT2D eigenvalue weighted by Gasteiger charge is -2.09. The Balaban J connectivity index is 1.68. The minimum absolute atomic E-state index is 0.604. The molecule has 0 atom stereocenters. The van der Waals surface area contributed by atoms with Crippen molar-refractivity contribution in [2.75, 3.05) is 5.32 Å². The number of aromatic nitrogens is 5. The maximum Gasteiger partial charge on any atom is 0.211 e. The molecule has 0 unspecified atom stereocenters. The summed E-state index contributed by atoms with van der Waals surface area (Å²) in [6.07, 6.45) is 3.98. The molecule has 0 bridgehead atoms. The van der Waals surface area contributed by atoms with Gasteiger partial charge in [-0.25, -0.2) is 9.97 Å². The molecule has 23 heavy (non-hydrogen) atoms. The number of nitrogens with one attached hydrogen (secondary N) is 1. The van der Waals surface area contributed by atoms with Gasteiger partial charge in [0, 0.05) is 11.5 Å². The van der Waals surface area contributed by atoms with E-state index in [-0.39, 0.29) is 0 Å². The molecule has 1 saturated carbocycles. The van der Waals surface area contributed by atoms with Crippen molar-refractivity contribution in [2.24, 2.45) is 0 Å². The second-order valence-corrected chi connectivity index (χ2v) is 6.75. The lowest BCUT2D eigenvalue weighted by Crippen LogP contribution is -2.00. The van der Waals surface area contributed by atoms with Gasteiger partial charge in [0.05, 0.1) is 17.0 Å². The Kier molecular flexibility index (Phi) is 3.33. The number of hydrogen-bond acceptors (Lipinski definition) is 8. The summed E-state index contributed by atoms with van der Waals surface area (Å²) in [7, 11) is 0. The molecule has 1 N–H and O–H groups in total. The second-order valence-electron chi connectivity index (χ2n) is 5.74. The van der Waals surface area contributed by atoms with Gasteiger partial charge in [0.2, 0.25) is 5.13 Å². The molecule has 0 aliphatic heterocycles. The highest BCUT2D eigenvalue weighted by Crippen LogP contribution is 2.42.